The highest BCUT2D eigenvalue weighted by Gasteiger charge is 2.22. The summed E-state index contributed by atoms with van der Waals surface area (Å²) in [6.07, 6.45) is 1.88. The fourth-order valence-electron chi connectivity index (χ4n) is 3.54. The molecule has 8 heteroatoms. The smallest absolute Gasteiger partial charge is 0.313 e. The molecule has 164 valence electrons. The lowest BCUT2D eigenvalue weighted by Gasteiger charge is -2.27. The van der Waals surface area contributed by atoms with Gasteiger partial charge >= 0.3 is 11.8 Å². The van der Waals surface area contributed by atoms with Gasteiger partial charge in [0.1, 0.15) is 11.9 Å². The lowest BCUT2D eigenvalue weighted by molar-refractivity contribution is -0.136. The first kappa shape index (κ1) is 22.3. The first-order chi connectivity index (χ1) is 15.0. The molecule has 1 aliphatic rings. The SMILES string of the molecule is COc1ccccc1C(CNC(=O)C(=O)Nc1cccc(N2CCCCC2=O)c1)OC. The predicted octanol–water partition coefficient (Wildman–Crippen LogP) is 2.65. The van der Waals surface area contributed by atoms with Gasteiger partial charge in [0.05, 0.1) is 7.11 Å². The molecule has 3 rings (SSSR count). The number of piperidine rings is 1. The summed E-state index contributed by atoms with van der Waals surface area (Å²) in [7, 11) is 3.08. The topological polar surface area (TPSA) is 97.0 Å². The number of ether oxygens (including phenoxy) is 2. The molecule has 1 saturated heterocycles. The van der Waals surface area contributed by atoms with Gasteiger partial charge in [0.15, 0.2) is 0 Å². The molecule has 0 aliphatic carbocycles. The van der Waals surface area contributed by atoms with Crippen LogP contribution in [-0.4, -0.2) is 45.0 Å². The molecule has 1 atom stereocenters. The number of hydrogen-bond acceptors (Lipinski definition) is 5. The third kappa shape index (κ3) is 5.61. The molecule has 8 nitrogen and oxygen atoms in total. The second-order valence-electron chi connectivity index (χ2n) is 7.18. The van der Waals surface area contributed by atoms with E-state index in [2.05, 4.69) is 10.6 Å². The van der Waals surface area contributed by atoms with Crippen LogP contribution >= 0.6 is 0 Å². The molecule has 2 aromatic rings. The number of nitrogens with one attached hydrogen (secondary N) is 2. The third-order valence-corrected chi connectivity index (χ3v) is 5.16. The molecule has 0 aromatic heterocycles. The van der Waals surface area contributed by atoms with E-state index in [0.717, 1.165) is 18.4 Å². The average molecular weight is 425 g/mol. The van der Waals surface area contributed by atoms with E-state index in [0.29, 0.717) is 30.1 Å². The number of rotatable bonds is 7. The highest BCUT2D eigenvalue weighted by Crippen LogP contribution is 2.26. The van der Waals surface area contributed by atoms with E-state index in [4.69, 9.17) is 9.47 Å². The van der Waals surface area contributed by atoms with Crippen molar-refractivity contribution in [2.75, 3.05) is 37.5 Å². The largest absolute Gasteiger partial charge is 0.496 e. The molecule has 0 spiro atoms. The number of carbonyl (C=O) groups excluding carboxylic acids is 3. The molecule has 0 radical (unpaired) electrons. The molecule has 3 amide bonds. The fraction of sp³-hybridized carbons (Fsp3) is 0.348. The maximum atomic E-state index is 12.4. The first-order valence-corrected chi connectivity index (χ1v) is 10.2. The standard InChI is InChI=1S/C23H27N3O5/c1-30-19-11-4-3-10-18(19)20(31-2)15-24-22(28)23(29)25-16-8-7-9-17(14-16)26-13-6-5-12-21(26)27/h3-4,7-11,14,20H,5-6,12-13,15H2,1-2H3,(H,24,28)(H,25,29). The van der Waals surface area contributed by atoms with Crippen LogP contribution in [0.25, 0.3) is 0 Å². The predicted molar refractivity (Wildman–Crippen MR) is 117 cm³/mol. The van der Waals surface area contributed by atoms with Crippen LogP contribution in [0.4, 0.5) is 11.4 Å². The minimum absolute atomic E-state index is 0.0643. The summed E-state index contributed by atoms with van der Waals surface area (Å²) < 4.78 is 10.8. The molecule has 1 aliphatic heterocycles. The van der Waals surface area contributed by atoms with Crippen molar-refractivity contribution >= 4 is 29.1 Å². The Morgan fingerprint density at radius 3 is 2.61 bits per heavy atom. The van der Waals surface area contributed by atoms with Crippen molar-refractivity contribution in [1.29, 1.82) is 0 Å². The summed E-state index contributed by atoms with van der Waals surface area (Å²) in [5, 5.41) is 5.18. The number of anilines is 2. The zero-order chi connectivity index (χ0) is 22.2. The normalized spacial score (nSPS) is 14.6. The van der Waals surface area contributed by atoms with Crippen LogP contribution in [0, 0.1) is 0 Å². The summed E-state index contributed by atoms with van der Waals surface area (Å²) in [5.74, 6) is -0.875. The van der Waals surface area contributed by atoms with Crippen LogP contribution in [0.3, 0.4) is 0 Å². The van der Waals surface area contributed by atoms with E-state index in [9.17, 15) is 14.4 Å². The molecular formula is C23H27N3O5. The van der Waals surface area contributed by atoms with Crippen LogP contribution in [0.15, 0.2) is 48.5 Å². The maximum Gasteiger partial charge on any atom is 0.313 e. The van der Waals surface area contributed by atoms with Crippen molar-refractivity contribution in [3.63, 3.8) is 0 Å². The number of carbonyl (C=O) groups is 3. The molecule has 1 fully saturated rings. The Balaban J connectivity index is 1.60. The molecule has 0 saturated carbocycles. The van der Waals surface area contributed by atoms with Gasteiger partial charge in [-0.15, -0.1) is 0 Å². The Hall–Kier alpha value is -3.39. The summed E-state index contributed by atoms with van der Waals surface area (Å²) >= 11 is 0. The monoisotopic (exact) mass is 425 g/mol. The van der Waals surface area contributed by atoms with Gasteiger partial charge in [-0.3, -0.25) is 14.4 Å². The summed E-state index contributed by atoms with van der Waals surface area (Å²) in [5.41, 5.74) is 1.93. The van der Waals surface area contributed by atoms with Crippen molar-refractivity contribution in [1.82, 2.24) is 5.32 Å². The quantitative estimate of drug-likeness (QED) is 0.665. The van der Waals surface area contributed by atoms with E-state index < -0.39 is 17.9 Å². The lowest BCUT2D eigenvalue weighted by Crippen LogP contribution is -2.38. The highest BCUT2D eigenvalue weighted by atomic mass is 16.5. The minimum Gasteiger partial charge on any atom is -0.496 e. The van der Waals surface area contributed by atoms with E-state index in [-0.39, 0.29) is 12.5 Å². The first-order valence-electron chi connectivity index (χ1n) is 10.2. The van der Waals surface area contributed by atoms with E-state index in [1.54, 1.807) is 36.3 Å². The highest BCUT2D eigenvalue weighted by molar-refractivity contribution is 6.39. The zero-order valence-electron chi connectivity index (χ0n) is 17.7. The van der Waals surface area contributed by atoms with Gasteiger partial charge in [-0.25, -0.2) is 0 Å². The van der Waals surface area contributed by atoms with Crippen LogP contribution in [0.5, 0.6) is 5.75 Å². The second-order valence-corrected chi connectivity index (χ2v) is 7.18. The van der Waals surface area contributed by atoms with E-state index in [1.807, 2.05) is 24.3 Å². The van der Waals surface area contributed by atoms with E-state index >= 15 is 0 Å². The summed E-state index contributed by atoms with van der Waals surface area (Å²) in [6.45, 7) is 0.753. The third-order valence-electron chi connectivity index (χ3n) is 5.16. The Kier molecular flexibility index (Phi) is 7.61. The zero-order valence-corrected chi connectivity index (χ0v) is 17.7. The van der Waals surface area contributed by atoms with Gasteiger partial charge in [-0.05, 0) is 37.1 Å². The van der Waals surface area contributed by atoms with E-state index in [1.165, 1.54) is 7.11 Å². The second kappa shape index (κ2) is 10.6. The van der Waals surface area contributed by atoms with Crippen LogP contribution < -0.4 is 20.3 Å². The van der Waals surface area contributed by atoms with Gasteiger partial charge in [0, 0.05) is 43.6 Å². The number of hydrogen-bond donors (Lipinski definition) is 2. The molecular weight excluding hydrogens is 398 g/mol. The summed E-state index contributed by atoms with van der Waals surface area (Å²) in [4.78, 5) is 38.5. The molecule has 31 heavy (non-hydrogen) atoms. The van der Waals surface area contributed by atoms with Gasteiger partial charge in [0.2, 0.25) is 5.91 Å². The maximum absolute atomic E-state index is 12.4. The van der Waals surface area contributed by atoms with Gasteiger partial charge in [-0.1, -0.05) is 24.3 Å². The van der Waals surface area contributed by atoms with Crippen LogP contribution in [0.1, 0.15) is 30.9 Å². The number of nitrogens with zero attached hydrogens (tertiary/aromatic N) is 1. The van der Waals surface area contributed by atoms with Gasteiger partial charge in [0.25, 0.3) is 0 Å². The molecule has 2 N–H and O–H groups in total. The Labute approximate surface area is 181 Å². The number of amides is 3. The molecule has 1 unspecified atom stereocenters. The van der Waals surface area contributed by atoms with Crippen molar-refractivity contribution in [2.45, 2.75) is 25.4 Å². The average Bonchev–Trinajstić information content (AvgIpc) is 2.80. The van der Waals surface area contributed by atoms with Gasteiger partial charge in [-0.2, -0.15) is 0 Å². The number of para-hydroxylation sites is 1. The fourth-order valence-corrected chi connectivity index (χ4v) is 3.54. The van der Waals surface area contributed by atoms with Crippen LogP contribution in [-0.2, 0) is 19.1 Å². The van der Waals surface area contributed by atoms with Crippen molar-refractivity contribution < 1.29 is 23.9 Å². The molecule has 0 bridgehead atoms. The van der Waals surface area contributed by atoms with Crippen molar-refractivity contribution in [2.24, 2.45) is 0 Å². The minimum atomic E-state index is -0.794. The summed E-state index contributed by atoms with van der Waals surface area (Å²) in [6, 6.07) is 14.3. The Morgan fingerprint density at radius 2 is 1.87 bits per heavy atom. The lowest BCUT2D eigenvalue weighted by atomic mass is 10.1. The van der Waals surface area contributed by atoms with Crippen LogP contribution in [0.2, 0.25) is 0 Å². The molecule has 2 aromatic carbocycles. The Bertz CT molecular complexity index is 946. The number of methoxy groups -OCH3 is 2. The van der Waals surface area contributed by atoms with Crippen molar-refractivity contribution in [3.8, 4) is 5.75 Å². The van der Waals surface area contributed by atoms with Crippen molar-refractivity contribution in [3.05, 3.63) is 54.1 Å². The molecule has 1 heterocycles. The van der Waals surface area contributed by atoms with Gasteiger partial charge < -0.3 is 25.0 Å². The Morgan fingerprint density at radius 1 is 1.06 bits per heavy atom. The number of benzene rings is 2.